The average molecular weight is 354 g/mol. The number of benzene rings is 1. The zero-order valence-electron chi connectivity index (χ0n) is 15.4. The highest BCUT2D eigenvalue weighted by molar-refractivity contribution is 5.49. The average Bonchev–Trinajstić information content (AvgIpc) is 3.17. The van der Waals surface area contributed by atoms with Crippen molar-refractivity contribution in [1.82, 2.24) is 19.8 Å². The Hall–Kier alpha value is -1.98. The van der Waals surface area contributed by atoms with Gasteiger partial charge < -0.3 is 9.88 Å². The Kier molecular flexibility index (Phi) is 4.92. The smallest absolute Gasteiger partial charge is 0.123 e. The summed E-state index contributed by atoms with van der Waals surface area (Å²) in [5, 5.41) is 3.48. The molecule has 4 rings (SSSR count). The summed E-state index contributed by atoms with van der Waals surface area (Å²) in [6.07, 6.45) is 12.0. The molecule has 2 heterocycles. The number of rotatable bonds is 6. The normalized spacial score (nSPS) is 21.7. The molecular weight excluding hydrogens is 327 g/mol. The minimum absolute atomic E-state index is 0.190. The number of aryl methyl sites for hydroxylation is 1. The van der Waals surface area contributed by atoms with E-state index < -0.39 is 0 Å². The molecule has 1 atom stereocenters. The van der Waals surface area contributed by atoms with Gasteiger partial charge in [-0.2, -0.15) is 0 Å². The van der Waals surface area contributed by atoms with E-state index in [0.717, 1.165) is 37.6 Å². The number of piperidine rings is 1. The van der Waals surface area contributed by atoms with Crippen molar-refractivity contribution in [1.29, 1.82) is 0 Å². The van der Waals surface area contributed by atoms with Gasteiger partial charge in [0.1, 0.15) is 11.6 Å². The van der Waals surface area contributed by atoms with Crippen molar-refractivity contribution in [3.8, 4) is 0 Å². The molecule has 2 aromatic rings. The lowest BCUT2D eigenvalue weighted by Gasteiger charge is -2.28. The van der Waals surface area contributed by atoms with Crippen molar-refractivity contribution in [3.05, 3.63) is 59.9 Å². The number of aromatic nitrogens is 2. The van der Waals surface area contributed by atoms with E-state index in [1.165, 1.54) is 31.4 Å². The maximum atomic E-state index is 13.1. The molecular formula is C21H27FN4. The van der Waals surface area contributed by atoms with Gasteiger partial charge in [-0.3, -0.25) is 4.90 Å². The van der Waals surface area contributed by atoms with Crippen LogP contribution >= 0.6 is 0 Å². The van der Waals surface area contributed by atoms with Gasteiger partial charge in [-0.15, -0.1) is 0 Å². The number of nitrogens with zero attached hydrogens (tertiary/aromatic N) is 3. The third-order valence-electron chi connectivity index (χ3n) is 5.97. The summed E-state index contributed by atoms with van der Waals surface area (Å²) in [5.41, 5.74) is 1.54. The Morgan fingerprint density at radius 1 is 1.31 bits per heavy atom. The number of hydrogen-bond donors (Lipinski definition) is 1. The van der Waals surface area contributed by atoms with E-state index in [0.29, 0.717) is 11.5 Å². The van der Waals surface area contributed by atoms with Gasteiger partial charge in [-0.1, -0.05) is 24.3 Å². The Labute approximate surface area is 154 Å². The van der Waals surface area contributed by atoms with Crippen LogP contribution in [0.15, 0.2) is 42.7 Å². The van der Waals surface area contributed by atoms with Crippen LogP contribution in [0, 0.1) is 11.2 Å². The molecule has 1 aliphatic carbocycles. The molecule has 26 heavy (non-hydrogen) atoms. The number of halogens is 1. The molecule has 1 aromatic carbocycles. The molecule has 1 aromatic heterocycles. The van der Waals surface area contributed by atoms with Crippen LogP contribution in [0.4, 0.5) is 4.39 Å². The summed E-state index contributed by atoms with van der Waals surface area (Å²) in [6.45, 7) is 4.04. The third-order valence-corrected chi connectivity index (χ3v) is 5.97. The number of nitrogens with one attached hydrogen (secondary N) is 1. The van der Waals surface area contributed by atoms with Crippen LogP contribution in [0.1, 0.15) is 30.7 Å². The third kappa shape index (κ3) is 3.74. The second kappa shape index (κ2) is 7.33. The Balaban J connectivity index is 1.45. The molecule has 1 saturated carbocycles. The molecule has 0 amide bonds. The van der Waals surface area contributed by atoms with Gasteiger partial charge in [0.15, 0.2) is 0 Å². The summed E-state index contributed by atoms with van der Waals surface area (Å²) in [5.74, 6) is 0.917. The molecule has 1 unspecified atom stereocenters. The fraction of sp³-hybridized carbons (Fsp3) is 0.476. The molecule has 2 fully saturated rings. The zero-order valence-corrected chi connectivity index (χ0v) is 15.4. The summed E-state index contributed by atoms with van der Waals surface area (Å²) < 4.78 is 15.2. The first kappa shape index (κ1) is 17.4. The maximum absolute atomic E-state index is 13.1. The second-order valence-electron chi connectivity index (χ2n) is 7.67. The van der Waals surface area contributed by atoms with Crippen LogP contribution in [-0.2, 0) is 13.6 Å². The van der Waals surface area contributed by atoms with Crippen molar-refractivity contribution >= 4 is 6.08 Å². The standard InChI is InChI=1S/C21H27FN4/c1-25-14-12-24-20(25)16-26(19-15-21(19)8-10-23-11-9-21)13-2-3-17-4-6-18(22)7-5-17/h2-7,12,14,19,23H,8-11,13,15-16H2,1H3. The molecule has 2 aliphatic rings. The van der Waals surface area contributed by atoms with Crippen LogP contribution in [0.3, 0.4) is 0 Å². The zero-order chi connectivity index (χ0) is 18.0. The van der Waals surface area contributed by atoms with Gasteiger partial charge in [0.25, 0.3) is 0 Å². The van der Waals surface area contributed by atoms with Crippen molar-refractivity contribution in [2.75, 3.05) is 19.6 Å². The van der Waals surface area contributed by atoms with Crippen LogP contribution in [0.25, 0.3) is 6.08 Å². The minimum Gasteiger partial charge on any atom is -0.337 e. The first-order valence-corrected chi connectivity index (χ1v) is 9.49. The fourth-order valence-corrected chi connectivity index (χ4v) is 4.24. The van der Waals surface area contributed by atoms with Crippen LogP contribution in [0.5, 0.6) is 0 Å². The highest BCUT2D eigenvalue weighted by Crippen LogP contribution is 2.55. The molecule has 0 bridgehead atoms. The molecule has 4 nitrogen and oxygen atoms in total. The molecule has 1 saturated heterocycles. The van der Waals surface area contributed by atoms with Crippen LogP contribution in [0.2, 0.25) is 0 Å². The topological polar surface area (TPSA) is 33.1 Å². The summed E-state index contributed by atoms with van der Waals surface area (Å²) in [4.78, 5) is 7.08. The van der Waals surface area contributed by atoms with Crippen LogP contribution < -0.4 is 5.32 Å². The van der Waals surface area contributed by atoms with Crippen molar-refractivity contribution in [2.24, 2.45) is 12.5 Å². The highest BCUT2D eigenvalue weighted by atomic mass is 19.1. The Morgan fingerprint density at radius 2 is 2.08 bits per heavy atom. The van der Waals surface area contributed by atoms with E-state index in [1.54, 1.807) is 0 Å². The minimum atomic E-state index is -0.190. The molecule has 1 aliphatic heterocycles. The van der Waals surface area contributed by atoms with Gasteiger partial charge in [0.2, 0.25) is 0 Å². The largest absolute Gasteiger partial charge is 0.337 e. The molecule has 138 valence electrons. The first-order valence-electron chi connectivity index (χ1n) is 9.49. The predicted octanol–water partition coefficient (Wildman–Crippen LogP) is 3.22. The lowest BCUT2D eigenvalue weighted by molar-refractivity contribution is 0.207. The van der Waals surface area contributed by atoms with Gasteiger partial charge in [0.05, 0.1) is 6.54 Å². The van der Waals surface area contributed by atoms with Crippen molar-refractivity contribution in [3.63, 3.8) is 0 Å². The second-order valence-corrected chi connectivity index (χ2v) is 7.67. The lowest BCUT2D eigenvalue weighted by atomic mass is 9.93. The monoisotopic (exact) mass is 354 g/mol. The van der Waals surface area contributed by atoms with Crippen LogP contribution in [-0.4, -0.2) is 40.1 Å². The summed E-state index contributed by atoms with van der Waals surface area (Å²) in [7, 11) is 2.06. The van der Waals surface area contributed by atoms with Crippen molar-refractivity contribution in [2.45, 2.75) is 31.8 Å². The Bertz CT molecular complexity index is 759. The lowest BCUT2D eigenvalue weighted by Crippen LogP contribution is -2.36. The predicted molar refractivity (Wildman–Crippen MR) is 102 cm³/mol. The summed E-state index contributed by atoms with van der Waals surface area (Å²) in [6, 6.07) is 7.30. The van der Waals surface area contributed by atoms with Gasteiger partial charge in [-0.25, -0.2) is 9.37 Å². The van der Waals surface area contributed by atoms with Gasteiger partial charge in [-0.05, 0) is 55.5 Å². The van der Waals surface area contributed by atoms with Gasteiger partial charge >= 0.3 is 0 Å². The SMILES string of the molecule is Cn1ccnc1CN(CC=Cc1ccc(F)cc1)C1CC12CCNCC2. The highest BCUT2D eigenvalue weighted by Gasteiger charge is 2.56. The number of imidazole rings is 1. The molecule has 1 N–H and O–H groups in total. The van der Waals surface area contributed by atoms with E-state index in [9.17, 15) is 4.39 Å². The van der Waals surface area contributed by atoms with E-state index in [1.807, 2.05) is 24.5 Å². The molecule has 5 heteroatoms. The maximum Gasteiger partial charge on any atom is 0.123 e. The molecule has 1 spiro atoms. The van der Waals surface area contributed by atoms with E-state index in [2.05, 4.69) is 39.0 Å². The fourth-order valence-electron chi connectivity index (χ4n) is 4.24. The summed E-state index contributed by atoms with van der Waals surface area (Å²) >= 11 is 0. The van der Waals surface area contributed by atoms with Gasteiger partial charge in [0, 0.05) is 32.0 Å². The van der Waals surface area contributed by atoms with E-state index in [-0.39, 0.29) is 5.82 Å². The Morgan fingerprint density at radius 3 is 2.77 bits per heavy atom. The van der Waals surface area contributed by atoms with E-state index >= 15 is 0 Å². The quantitative estimate of drug-likeness (QED) is 0.865. The van der Waals surface area contributed by atoms with E-state index in [4.69, 9.17) is 0 Å². The first-order chi connectivity index (χ1) is 12.7. The molecule has 0 radical (unpaired) electrons. The number of hydrogen-bond acceptors (Lipinski definition) is 3. The van der Waals surface area contributed by atoms with Crippen molar-refractivity contribution < 1.29 is 4.39 Å².